The summed E-state index contributed by atoms with van der Waals surface area (Å²) in [7, 11) is 0. The minimum absolute atomic E-state index is 0.00753. The number of likely N-dealkylation sites (tertiary alicyclic amines) is 1. The van der Waals surface area contributed by atoms with Crippen molar-refractivity contribution in [1.82, 2.24) is 25.5 Å². The molecule has 114 valence electrons. The molecule has 6 heteroatoms. The summed E-state index contributed by atoms with van der Waals surface area (Å²) in [5, 5.41) is 14.0. The van der Waals surface area contributed by atoms with Crippen LogP contribution >= 0.6 is 0 Å². The molecule has 0 unspecified atom stereocenters. The van der Waals surface area contributed by atoms with Crippen molar-refractivity contribution in [2.24, 2.45) is 0 Å². The number of amides is 1. The molecule has 1 aromatic heterocycles. The molecule has 1 fully saturated rings. The van der Waals surface area contributed by atoms with Gasteiger partial charge in [-0.1, -0.05) is 36.4 Å². The maximum absolute atomic E-state index is 12.4. The summed E-state index contributed by atoms with van der Waals surface area (Å²) in [4.78, 5) is 14.2. The molecule has 0 spiro atoms. The Kier molecular flexibility index (Phi) is 4.27. The van der Waals surface area contributed by atoms with Gasteiger partial charge in [-0.25, -0.2) is 0 Å². The zero-order valence-electron chi connectivity index (χ0n) is 12.6. The number of aromatic amines is 1. The second-order valence-corrected chi connectivity index (χ2v) is 5.39. The molecule has 0 radical (unpaired) electrons. The van der Waals surface area contributed by atoms with Crippen LogP contribution < -0.4 is 0 Å². The topological polar surface area (TPSA) is 74.8 Å². The van der Waals surface area contributed by atoms with Gasteiger partial charge >= 0.3 is 0 Å². The van der Waals surface area contributed by atoms with Crippen LogP contribution in [0.2, 0.25) is 0 Å². The van der Waals surface area contributed by atoms with E-state index in [-0.39, 0.29) is 11.9 Å². The fourth-order valence-electron chi connectivity index (χ4n) is 2.74. The van der Waals surface area contributed by atoms with Crippen molar-refractivity contribution in [3.05, 3.63) is 47.3 Å². The first kappa shape index (κ1) is 14.4. The maximum atomic E-state index is 12.4. The van der Waals surface area contributed by atoms with Gasteiger partial charge in [-0.05, 0) is 36.5 Å². The van der Waals surface area contributed by atoms with Gasteiger partial charge in [0.1, 0.15) is 0 Å². The van der Waals surface area contributed by atoms with Crippen molar-refractivity contribution in [2.45, 2.75) is 32.2 Å². The molecule has 1 atom stereocenters. The van der Waals surface area contributed by atoms with E-state index in [1.807, 2.05) is 23.1 Å². The molecule has 0 aliphatic carbocycles. The van der Waals surface area contributed by atoms with E-state index < -0.39 is 0 Å². The Bertz CT molecular complexity index is 648. The number of carbonyl (C=O) groups excluding carboxylic acids is 1. The highest BCUT2D eigenvalue weighted by Gasteiger charge is 2.31. The van der Waals surface area contributed by atoms with Gasteiger partial charge in [0, 0.05) is 12.6 Å². The highest BCUT2D eigenvalue weighted by Crippen LogP contribution is 2.29. The summed E-state index contributed by atoms with van der Waals surface area (Å²) >= 11 is 0. The monoisotopic (exact) mass is 297 g/mol. The van der Waals surface area contributed by atoms with Crippen LogP contribution in [0.5, 0.6) is 0 Å². The number of rotatable bonds is 4. The van der Waals surface area contributed by atoms with E-state index in [9.17, 15) is 4.79 Å². The number of hydrogen-bond donors (Lipinski definition) is 1. The van der Waals surface area contributed by atoms with Crippen molar-refractivity contribution in [2.75, 3.05) is 6.54 Å². The highest BCUT2D eigenvalue weighted by atomic mass is 16.2. The number of aromatic nitrogens is 4. The van der Waals surface area contributed by atoms with E-state index in [1.165, 1.54) is 5.56 Å². The summed E-state index contributed by atoms with van der Waals surface area (Å²) in [5.74, 6) is 0.582. The van der Waals surface area contributed by atoms with Crippen molar-refractivity contribution < 1.29 is 4.79 Å². The molecule has 2 aromatic rings. The average Bonchev–Trinajstić information content (AvgIpc) is 3.23. The third kappa shape index (κ3) is 3.05. The number of tetrazole rings is 1. The van der Waals surface area contributed by atoms with Gasteiger partial charge in [0.25, 0.3) is 0 Å². The van der Waals surface area contributed by atoms with Gasteiger partial charge in [-0.15, -0.1) is 10.2 Å². The van der Waals surface area contributed by atoms with Gasteiger partial charge < -0.3 is 4.90 Å². The number of aryl methyl sites for hydroxylation is 1. The molecule has 1 aliphatic heterocycles. The lowest BCUT2D eigenvalue weighted by Crippen LogP contribution is -2.29. The van der Waals surface area contributed by atoms with Gasteiger partial charge in [0.05, 0.1) is 6.04 Å². The van der Waals surface area contributed by atoms with Crippen LogP contribution in [0.15, 0.2) is 30.3 Å². The summed E-state index contributed by atoms with van der Waals surface area (Å²) in [6.45, 7) is 2.86. The second kappa shape index (κ2) is 6.51. The van der Waals surface area contributed by atoms with E-state index in [2.05, 4.69) is 39.7 Å². The molecule has 22 heavy (non-hydrogen) atoms. The standard InChI is InChI=1S/C16H19N5O/c1-2-12-5-7-13(8-6-12)9-10-15(22)21-11-3-4-14(21)16-17-19-20-18-16/h5-10,14H,2-4,11H2,1H3,(H,17,18,19,20)/b10-9+/t14-/m0/s1. The molecule has 0 saturated carbocycles. The van der Waals surface area contributed by atoms with Crippen molar-refractivity contribution >= 4 is 12.0 Å². The van der Waals surface area contributed by atoms with Crippen molar-refractivity contribution in [3.8, 4) is 0 Å². The first-order valence-corrected chi connectivity index (χ1v) is 7.59. The predicted octanol–water partition coefficient (Wildman–Crippen LogP) is 2.14. The second-order valence-electron chi connectivity index (χ2n) is 5.39. The Morgan fingerprint density at radius 1 is 1.41 bits per heavy atom. The maximum Gasteiger partial charge on any atom is 0.247 e. The lowest BCUT2D eigenvalue weighted by Gasteiger charge is -2.20. The van der Waals surface area contributed by atoms with Crippen LogP contribution in [0.25, 0.3) is 6.08 Å². The first-order chi connectivity index (χ1) is 10.8. The third-order valence-electron chi connectivity index (χ3n) is 4.00. The molecular weight excluding hydrogens is 278 g/mol. The van der Waals surface area contributed by atoms with Crippen LogP contribution in [-0.4, -0.2) is 38.0 Å². The lowest BCUT2D eigenvalue weighted by atomic mass is 10.1. The molecule has 1 amide bonds. The lowest BCUT2D eigenvalue weighted by molar-refractivity contribution is -0.127. The Morgan fingerprint density at radius 2 is 2.23 bits per heavy atom. The van der Waals surface area contributed by atoms with E-state index in [4.69, 9.17) is 0 Å². The Labute approximate surface area is 129 Å². The van der Waals surface area contributed by atoms with Crippen molar-refractivity contribution in [3.63, 3.8) is 0 Å². The highest BCUT2D eigenvalue weighted by molar-refractivity contribution is 5.92. The molecule has 1 saturated heterocycles. The number of nitrogens with zero attached hydrogens (tertiary/aromatic N) is 4. The zero-order valence-corrected chi connectivity index (χ0v) is 12.6. The van der Waals surface area contributed by atoms with Crippen molar-refractivity contribution in [1.29, 1.82) is 0 Å². The number of H-pyrrole nitrogens is 1. The fourth-order valence-corrected chi connectivity index (χ4v) is 2.74. The van der Waals surface area contributed by atoms with Crippen LogP contribution in [0.1, 0.15) is 42.8 Å². The number of carbonyl (C=O) groups is 1. The van der Waals surface area contributed by atoms with Crippen LogP contribution in [0, 0.1) is 0 Å². The van der Waals surface area contributed by atoms with Crippen LogP contribution in [0.4, 0.5) is 0 Å². The smallest absolute Gasteiger partial charge is 0.247 e. The normalized spacial score (nSPS) is 18.2. The number of benzene rings is 1. The summed E-state index contributed by atoms with van der Waals surface area (Å²) in [6, 6.07) is 8.16. The zero-order chi connectivity index (χ0) is 15.4. The molecule has 3 rings (SSSR count). The fraction of sp³-hybridized carbons (Fsp3) is 0.375. The Hall–Kier alpha value is -2.50. The minimum Gasteiger partial charge on any atom is -0.329 e. The van der Waals surface area contributed by atoms with Gasteiger partial charge in [0.2, 0.25) is 5.91 Å². The van der Waals surface area contributed by atoms with Crippen LogP contribution in [-0.2, 0) is 11.2 Å². The Balaban J connectivity index is 1.69. The number of hydrogen-bond acceptors (Lipinski definition) is 4. The summed E-state index contributed by atoms with van der Waals surface area (Å²) < 4.78 is 0. The minimum atomic E-state index is -0.0710. The quantitative estimate of drug-likeness (QED) is 0.877. The van der Waals surface area contributed by atoms with E-state index in [0.29, 0.717) is 5.82 Å². The predicted molar refractivity (Wildman–Crippen MR) is 82.7 cm³/mol. The summed E-state index contributed by atoms with van der Waals surface area (Å²) in [6.07, 6.45) is 6.34. The molecule has 6 nitrogen and oxygen atoms in total. The molecule has 2 heterocycles. The van der Waals surface area contributed by atoms with Gasteiger partial charge in [-0.3, -0.25) is 4.79 Å². The third-order valence-corrected chi connectivity index (χ3v) is 4.00. The summed E-state index contributed by atoms with van der Waals surface area (Å²) in [5.41, 5.74) is 2.32. The average molecular weight is 297 g/mol. The SMILES string of the molecule is CCc1ccc(/C=C/C(=O)N2CCC[C@H]2c2nn[nH]n2)cc1. The van der Waals surface area contributed by atoms with Gasteiger partial charge in [0.15, 0.2) is 5.82 Å². The van der Waals surface area contributed by atoms with E-state index >= 15 is 0 Å². The van der Waals surface area contributed by atoms with Crippen LogP contribution in [0.3, 0.4) is 0 Å². The first-order valence-electron chi connectivity index (χ1n) is 7.59. The molecular formula is C16H19N5O. The van der Waals surface area contributed by atoms with E-state index in [0.717, 1.165) is 31.4 Å². The molecule has 0 bridgehead atoms. The molecule has 1 N–H and O–H groups in total. The molecule has 1 aromatic carbocycles. The molecule has 1 aliphatic rings. The van der Waals surface area contributed by atoms with E-state index in [1.54, 1.807) is 6.08 Å². The Morgan fingerprint density at radius 3 is 2.91 bits per heavy atom. The number of nitrogens with one attached hydrogen (secondary N) is 1. The largest absolute Gasteiger partial charge is 0.329 e. The van der Waals surface area contributed by atoms with Gasteiger partial charge in [-0.2, -0.15) is 5.21 Å².